The molecule has 4 rings (SSSR count). The lowest BCUT2D eigenvalue weighted by molar-refractivity contribution is -0.135. The third-order valence-corrected chi connectivity index (χ3v) is 6.86. The number of rotatable bonds is 4. The summed E-state index contributed by atoms with van der Waals surface area (Å²) in [5.74, 6) is 2.13. The average Bonchev–Trinajstić information content (AvgIpc) is 3.45. The van der Waals surface area contributed by atoms with Crippen LogP contribution in [-0.2, 0) is 18.4 Å². The van der Waals surface area contributed by atoms with Gasteiger partial charge in [-0.25, -0.2) is 4.98 Å². The SMILES string of the molecule is Cn1ccnc1CN(C(=O)[C@@H]1C[C@H]1C(C)(C)C)C1CC12CCNCC2. The van der Waals surface area contributed by atoms with Crippen molar-refractivity contribution in [1.82, 2.24) is 19.8 Å². The fraction of sp³-hybridized carbons (Fsp3) is 0.800. The van der Waals surface area contributed by atoms with Crippen LogP contribution in [0.1, 0.15) is 52.3 Å². The van der Waals surface area contributed by atoms with Gasteiger partial charge < -0.3 is 14.8 Å². The quantitative estimate of drug-likeness (QED) is 0.913. The molecule has 2 heterocycles. The van der Waals surface area contributed by atoms with Gasteiger partial charge in [0, 0.05) is 31.4 Å². The minimum Gasteiger partial charge on any atom is -0.337 e. The Morgan fingerprint density at radius 2 is 2.12 bits per heavy atom. The van der Waals surface area contributed by atoms with Gasteiger partial charge in [-0.05, 0) is 55.5 Å². The molecule has 1 aromatic heterocycles. The predicted octanol–water partition coefficient (Wildman–Crippen LogP) is 2.57. The molecule has 1 aromatic rings. The number of amides is 1. The zero-order valence-corrected chi connectivity index (χ0v) is 16.1. The normalized spacial score (nSPS) is 30.3. The van der Waals surface area contributed by atoms with E-state index >= 15 is 0 Å². The molecule has 138 valence electrons. The van der Waals surface area contributed by atoms with Crippen LogP contribution in [0, 0.1) is 22.7 Å². The van der Waals surface area contributed by atoms with Crippen LogP contribution >= 0.6 is 0 Å². The van der Waals surface area contributed by atoms with E-state index in [4.69, 9.17) is 0 Å². The molecule has 1 aliphatic heterocycles. The lowest BCUT2D eigenvalue weighted by atomic mass is 9.88. The summed E-state index contributed by atoms with van der Waals surface area (Å²) in [6.07, 6.45) is 8.45. The van der Waals surface area contributed by atoms with Crippen LogP contribution in [0.15, 0.2) is 12.4 Å². The van der Waals surface area contributed by atoms with E-state index in [1.807, 2.05) is 24.0 Å². The number of carbonyl (C=O) groups is 1. The molecule has 25 heavy (non-hydrogen) atoms. The number of imidazole rings is 1. The van der Waals surface area contributed by atoms with Crippen LogP contribution in [0.4, 0.5) is 0 Å². The van der Waals surface area contributed by atoms with E-state index in [9.17, 15) is 4.79 Å². The molecule has 3 fully saturated rings. The second-order valence-corrected chi connectivity index (χ2v) is 9.57. The van der Waals surface area contributed by atoms with Crippen molar-refractivity contribution in [3.8, 4) is 0 Å². The van der Waals surface area contributed by atoms with E-state index in [1.165, 1.54) is 19.3 Å². The Hall–Kier alpha value is -1.36. The molecule has 3 atom stereocenters. The van der Waals surface area contributed by atoms with Crippen molar-refractivity contribution in [2.75, 3.05) is 13.1 Å². The second kappa shape index (κ2) is 5.83. The fourth-order valence-electron chi connectivity index (χ4n) is 4.91. The predicted molar refractivity (Wildman–Crippen MR) is 97.8 cm³/mol. The van der Waals surface area contributed by atoms with E-state index in [-0.39, 0.29) is 11.3 Å². The minimum atomic E-state index is 0.222. The molecule has 3 aliphatic rings. The zero-order valence-electron chi connectivity index (χ0n) is 16.1. The number of hydrogen-bond donors (Lipinski definition) is 1. The number of carbonyl (C=O) groups excluding carboxylic acids is 1. The molecule has 0 radical (unpaired) electrons. The van der Waals surface area contributed by atoms with Gasteiger partial charge in [-0.2, -0.15) is 0 Å². The summed E-state index contributed by atoms with van der Waals surface area (Å²) in [6, 6.07) is 0.417. The molecule has 1 saturated heterocycles. The van der Waals surface area contributed by atoms with Crippen molar-refractivity contribution in [2.45, 2.75) is 59.0 Å². The summed E-state index contributed by atoms with van der Waals surface area (Å²) in [4.78, 5) is 20.1. The van der Waals surface area contributed by atoms with E-state index in [2.05, 4.69) is 36.0 Å². The molecular formula is C20H32N4O. The monoisotopic (exact) mass is 344 g/mol. The van der Waals surface area contributed by atoms with E-state index < -0.39 is 0 Å². The minimum absolute atomic E-state index is 0.222. The highest BCUT2D eigenvalue weighted by Crippen LogP contribution is 2.58. The highest BCUT2D eigenvalue weighted by atomic mass is 16.2. The van der Waals surface area contributed by atoms with Crippen LogP contribution in [0.5, 0.6) is 0 Å². The first-order valence-electron chi connectivity index (χ1n) is 9.79. The molecule has 2 saturated carbocycles. The van der Waals surface area contributed by atoms with Gasteiger partial charge >= 0.3 is 0 Å². The molecule has 0 bridgehead atoms. The molecule has 1 N–H and O–H groups in total. The van der Waals surface area contributed by atoms with E-state index in [1.54, 1.807) is 0 Å². The summed E-state index contributed by atoms with van der Waals surface area (Å²) >= 11 is 0. The molecule has 1 unspecified atom stereocenters. The largest absolute Gasteiger partial charge is 0.337 e. The van der Waals surface area contributed by atoms with Crippen molar-refractivity contribution >= 4 is 5.91 Å². The smallest absolute Gasteiger partial charge is 0.226 e. The second-order valence-electron chi connectivity index (χ2n) is 9.57. The molecule has 5 heteroatoms. The lowest BCUT2D eigenvalue weighted by Crippen LogP contribution is -2.40. The van der Waals surface area contributed by atoms with Gasteiger partial charge in [0.1, 0.15) is 5.82 Å². The summed E-state index contributed by atoms with van der Waals surface area (Å²) in [7, 11) is 2.02. The van der Waals surface area contributed by atoms with Crippen LogP contribution in [0.25, 0.3) is 0 Å². The third-order valence-electron chi connectivity index (χ3n) is 6.86. The van der Waals surface area contributed by atoms with Crippen molar-refractivity contribution in [2.24, 2.45) is 29.7 Å². The summed E-state index contributed by atoms with van der Waals surface area (Å²) in [6.45, 7) is 9.64. The van der Waals surface area contributed by atoms with Crippen LogP contribution in [0.3, 0.4) is 0 Å². The maximum Gasteiger partial charge on any atom is 0.226 e. The van der Waals surface area contributed by atoms with Gasteiger partial charge in [0.05, 0.1) is 6.54 Å². The Morgan fingerprint density at radius 1 is 1.40 bits per heavy atom. The van der Waals surface area contributed by atoms with Crippen LogP contribution in [-0.4, -0.2) is 39.5 Å². The first-order valence-corrected chi connectivity index (χ1v) is 9.79. The Balaban J connectivity index is 1.53. The molecule has 0 aromatic carbocycles. The van der Waals surface area contributed by atoms with Crippen molar-refractivity contribution < 1.29 is 4.79 Å². The van der Waals surface area contributed by atoms with Gasteiger partial charge in [0.25, 0.3) is 0 Å². The summed E-state index contributed by atoms with van der Waals surface area (Å²) in [5.41, 5.74) is 0.601. The van der Waals surface area contributed by atoms with E-state index in [0.717, 1.165) is 25.3 Å². The highest BCUT2D eigenvalue weighted by molar-refractivity contribution is 5.82. The third kappa shape index (κ3) is 3.12. The number of aromatic nitrogens is 2. The maximum absolute atomic E-state index is 13.4. The Morgan fingerprint density at radius 3 is 2.68 bits per heavy atom. The number of nitrogens with one attached hydrogen (secondary N) is 1. The fourth-order valence-corrected chi connectivity index (χ4v) is 4.91. The Kier molecular flexibility index (Phi) is 3.98. The van der Waals surface area contributed by atoms with Crippen LogP contribution < -0.4 is 5.32 Å². The first-order chi connectivity index (χ1) is 11.8. The lowest BCUT2D eigenvalue weighted by Gasteiger charge is -2.30. The summed E-state index contributed by atoms with van der Waals surface area (Å²) in [5, 5.41) is 3.47. The molecule has 1 spiro atoms. The van der Waals surface area contributed by atoms with Gasteiger partial charge in [-0.3, -0.25) is 4.79 Å². The number of aryl methyl sites for hydroxylation is 1. The molecule has 2 aliphatic carbocycles. The Labute approximate surface area is 151 Å². The standard InChI is InChI=1S/C20H32N4O/c1-19(2,3)15-11-14(15)18(25)24(13-17-22-9-10-23(17)4)16-12-20(16)5-7-21-8-6-20/h9-10,14-16,21H,5-8,11-13H2,1-4H3/t14-,15-,16?/m1/s1. The Bertz CT molecular complexity index is 653. The topological polar surface area (TPSA) is 50.2 Å². The van der Waals surface area contributed by atoms with Gasteiger partial charge in [-0.1, -0.05) is 20.8 Å². The van der Waals surface area contributed by atoms with Gasteiger partial charge in [0.15, 0.2) is 0 Å². The van der Waals surface area contributed by atoms with Gasteiger partial charge in [0.2, 0.25) is 5.91 Å². The molecule has 5 nitrogen and oxygen atoms in total. The molecular weight excluding hydrogens is 312 g/mol. The highest BCUT2D eigenvalue weighted by Gasteiger charge is 2.60. The number of piperidine rings is 1. The molecule has 1 amide bonds. The summed E-state index contributed by atoms with van der Waals surface area (Å²) < 4.78 is 2.05. The average molecular weight is 345 g/mol. The number of nitrogens with zero attached hydrogens (tertiary/aromatic N) is 3. The zero-order chi connectivity index (χ0) is 17.8. The van der Waals surface area contributed by atoms with Gasteiger partial charge in [-0.15, -0.1) is 0 Å². The number of hydrogen-bond acceptors (Lipinski definition) is 3. The van der Waals surface area contributed by atoms with Crippen molar-refractivity contribution in [3.63, 3.8) is 0 Å². The van der Waals surface area contributed by atoms with Crippen LogP contribution in [0.2, 0.25) is 0 Å². The maximum atomic E-state index is 13.4. The van der Waals surface area contributed by atoms with Crippen molar-refractivity contribution in [1.29, 1.82) is 0 Å². The first kappa shape index (κ1) is 17.1. The van der Waals surface area contributed by atoms with Crippen molar-refractivity contribution in [3.05, 3.63) is 18.2 Å². The van der Waals surface area contributed by atoms with E-state index in [0.29, 0.717) is 29.8 Å².